The highest BCUT2D eigenvalue weighted by atomic mass is 16.5. The van der Waals surface area contributed by atoms with Gasteiger partial charge in [0.15, 0.2) is 11.4 Å². The molecule has 0 aliphatic carbocycles. The molecule has 0 spiro atoms. The number of ether oxygens (including phenoxy) is 1. The fraction of sp³-hybridized carbons (Fsp3) is 0.529. The zero-order valence-corrected chi connectivity index (χ0v) is 14.3. The molecule has 1 atom stereocenters. The number of aryl methyl sites for hydroxylation is 1. The molecule has 0 saturated heterocycles. The van der Waals surface area contributed by atoms with Crippen molar-refractivity contribution >= 4 is 16.8 Å². The third kappa shape index (κ3) is 4.30. The Morgan fingerprint density at radius 1 is 1.43 bits per heavy atom. The molecule has 0 bridgehead atoms. The third-order valence-corrected chi connectivity index (χ3v) is 3.43. The summed E-state index contributed by atoms with van der Waals surface area (Å²) in [5.74, 6) is 0.464. The molecule has 2 N–H and O–H groups in total. The van der Waals surface area contributed by atoms with Crippen LogP contribution in [-0.2, 0) is 0 Å². The predicted octanol–water partition coefficient (Wildman–Crippen LogP) is 2.47. The van der Waals surface area contributed by atoms with Gasteiger partial charge < -0.3 is 19.7 Å². The van der Waals surface area contributed by atoms with Gasteiger partial charge in [0.1, 0.15) is 18.5 Å². The van der Waals surface area contributed by atoms with Crippen LogP contribution in [0.3, 0.4) is 0 Å². The summed E-state index contributed by atoms with van der Waals surface area (Å²) in [5, 5.41) is 17.8. The van der Waals surface area contributed by atoms with Crippen LogP contribution in [0.25, 0.3) is 11.0 Å². The topological polar surface area (TPSA) is 84.6 Å². The van der Waals surface area contributed by atoms with E-state index in [9.17, 15) is 9.90 Å². The van der Waals surface area contributed by atoms with Crippen molar-refractivity contribution < 1.29 is 19.2 Å². The fourth-order valence-corrected chi connectivity index (χ4v) is 2.23. The molecule has 1 aromatic carbocycles. The quantitative estimate of drug-likeness (QED) is 0.795. The first-order chi connectivity index (χ1) is 10.7. The Labute approximate surface area is 135 Å². The maximum absolute atomic E-state index is 11.6. The van der Waals surface area contributed by atoms with Gasteiger partial charge in [0.05, 0.1) is 16.6 Å². The molecule has 2 aromatic rings. The van der Waals surface area contributed by atoms with E-state index in [1.165, 1.54) is 6.92 Å². The van der Waals surface area contributed by atoms with E-state index in [1.807, 2.05) is 20.8 Å². The number of hydrogen-bond acceptors (Lipinski definition) is 6. The highest BCUT2D eigenvalue weighted by Crippen LogP contribution is 2.31. The lowest BCUT2D eigenvalue weighted by molar-refractivity contribution is 0.100. The largest absolute Gasteiger partial charge is 0.490 e. The Morgan fingerprint density at radius 3 is 2.74 bits per heavy atom. The molecule has 6 nitrogen and oxygen atoms in total. The maximum Gasteiger partial charge on any atom is 0.181 e. The van der Waals surface area contributed by atoms with Gasteiger partial charge in [0.25, 0.3) is 0 Å². The second-order valence-electron chi connectivity index (χ2n) is 6.74. The van der Waals surface area contributed by atoms with E-state index in [0.717, 1.165) is 0 Å². The van der Waals surface area contributed by atoms with E-state index in [-0.39, 0.29) is 17.9 Å². The molecular weight excluding hydrogens is 296 g/mol. The van der Waals surface area contributed by atoms with Crippen molar-refractivity contribution in [3.63, 3.8) is 0 Å². The van der Waals surface area contributed by atoms with Gasteiger partial charge in [-0.15, -0.1) is 0 Å². The van der Waals surface area contributed by atoms with Crippen molar-refractivity contribution in [2.75, 3.05) is 13.2 Å². The summed E-state index contributed by atoms with van der Waals surface area (Å²) in [6.45, 7) is 9.94. The number of β-amino-alcohol motifs (C(OH)–C–C–N with tert-alkyl or cyclic N) is 1. The number of nitrogens with zero attached hydrogens (tertiary/aromatic N) is 1. The van der Waals surface area contributed by atoms with Gasteiger partial charge in [-0.1, -0.05) is 5.16 Å². The number of carbonyl (C=O) groups excluding carboxylic acids is 1. The molecule has 2 rings (SSSR count). The van der Waals surface area contributed by atoms with E-state index < -0.39 is 6.10 Å². The van der Waals surface area contributed by atoms with Crippen molar-refractivity contribution in [1.29, 1.82) is 0 Å². The number of fused-ring (bicyclic) bond motifs is 1. The van der Waals surface area contributed by atoms with Gasteiger partial charge in [-0.2, -0.15) is 0 Å². The molecule has 0 saturated carbocycles. The lowest BCUT2D eigenvalue weighted by Gasteiger charge is -2.23. The average molecular weight is 320 g/mol. The monoisotopic (exact) mass is 320 g/mol. The fourth-order valence-electron chi connectivity index (χ4n) is 2.23. The van der Waals surface area contributed by atoms with Crippen LogP contribution in [0.15, 0.2) is 16.7 Å². The first kappa shape index (κ1) is 17.4. The summed E-state index contributed by atoms with van der Waals surface area (Å²) < 4.78 is 11.0. The molecule has 1 aromatic heterocycles. The van der Waals surface area contributed by atoms with E-state index in [4.69, 9.17) is 9.26 Å². The highest BCUT2D eigenvalue weighted by Gasteiger charge is 2.18. The number of benzene rings is 1. The summed E-state index contributed by atoms with van der Waals surface area (Å²) in [7, 11) is 0. The maximum atomic E-state index is 11.6. The van der Waals surface area contributed by atoms with Crippen molar-refractivity contribution in [2.45, 2.75) is 46.3 Å². The molecule has 1 heterocycles. The van der Waals surface area contributed by atoms with Crippen molar-refractivity contribution in [3.05, 3.63) is 23.4 Å². The van der Waals surface area contributed by atoms with E-state index in [2.05, 4.69) is 10.5 Å². The Morgan fingerprint density at radius 2 is 2.13 bits per heavy atom. The van der Waals surface area contributed by atoms with Crippen LogP contribution in [0.4, 0.5) is 0 Å². The number of ketones is 1. The molecule has 23 heavy (non-hydrogen) atoms. The van der Waals surface area contributed by atoms with Crippen LogP contribution in [-0.4, -0.2) is 40.8 Å². The lowest BCUT2D eigenvalue weighted by Crippen LogP contribution is -2.42. The van der Waals surface area contributed by atoms with Crippen LogP contribution in [0.5, 0.6) is 5.75 Å². The first-order valence-electron chi connectivity index (χ1n) is 7.65. The minimum absolute atomic E-state index is 0.0670. The normalized spacial score (nSPS) is 13.3. The summed E-state index contributed by atoms with van der Waals surface area (Å²) in [5.41, 5.74) is 1.49. The number of aliphatic hydroxyl groups excluding tert-OH is 1. The summed E-state index contributed by atoms with van der Waals surface area (Å²) in [6, 6.07) is 3.37. The number of aromatic nitrogens is 1. The number of rotatable bonds is 6. The highest BCUT2D eigenvalue weighted by molar-refractivity contribution is 6.06. The molecule has 126 valence electrons. The van der Waals surface area contributed by atoms with E-state index in [1.54, 1.807) is 19.1 Å². The van der Waals surface area contributed by atoms with Crippen LogP contribution in [0.2, 0.25) is 0 Å². The number of aliphatic hydroxyl groups is 1. The Balaban J connectivity index is 2.13. The second-order valence-corrected chi connectivity index (χ2v) is 6.74. The van der Waals surface area contributed by atoms with Crippen LogP contribution < -0.4 is 10.1 Å². The van der Waals surface area contributed by atoms with E-state index >= 15 is 0 Å². The van der Waals surface area contributed by atoms with Gasteiger partial charge >= 0.3 is 0 Å². The lowest BCUT2D eigenvalue weighted by atomic mass is 10.1. The van der Waals surface area contributed by atoms with Crippen molar-refractivity contribution in [1.82, 2.24) is 10.5 Å². The smallest absolute Gasteiger partial charge is 0.181 e. The molecular formula is C17H24N2O4. The van der Waals surface area contributed by atoms with Gasteiger partial charge in [0, 0.05) is 12.1 Å². The average Bonchev–Trinajstić information content (AvgIpc) is 2.84. The molecule has 6 heteroatoms. The third-order valence-electron chi connectivity index (χ3n) is 3.43. The predicted molar refractivity (Wildman–Crippen MR) is 88.0 cm³/mol. The van der Waals surface area contributed by atoms with Crippen LogP contribution in [0, 0.1) is 6.92 Å². The van der Waals surface area contributed by atoms with Gasteiger partial charge in [-0.3, -0.25) is 4.79 Å². The molecule has 0 aliphatic heterocycles. The first-order valence-corrected chi connectivity index (χ1v) is 7.65. The van der Waals surface area contributed by atoms with Crippen molar-refractivity contribution in [3.8, 4) is 5.75 Å². The molecule has 0 amide bonds. The number of Topliss-reactive ketones (excluding diaryl/α,β-unsaturated/α-hetero) is 1. The summed E-state index contributed by atoms with van der Waals surface area (Å²) >= 11 is 0. The Bertz CT molecular complexity index is 700. The molecule has 0 radical (unpaired) electrons. The number of nitrogens with one attached hydrogen (secondary N) is 1. The van der Waals surface area contributed by atoms with Crippen molar-refractivity contribution in [2.24, 2.45) is 0 Å². The van der Waals surface area contributed by atoms with Gasteiger partial charge in [-0.05, 0) is 46.8 Å². The molecule has 0 fully saturated rings. The van der Waals surface area contributed by atoms with Crippen LogP contribution in [0.1, 0.15) is 43.7 Å². The minimum Gasteiger partial charge on any atom is -0.490 e. The second kappa shape index (κ2) is 6.68. The number of hydrogen-bond donors (Lipinski definition) is 2. The summed E-state index contributed by atoms with van der Waals surface area (Å²) in [6.07, 6.45) is -0.642. The minimum atomic E-state index is -0.642. The van der Waals surface area contributed by atoms with E-state index in [0.29, 0.717) is 34.5 Å². The van der Waals surface area contributed by atoms with Gasteiger partial charge in [0.2, 0.25) is 0 Å². The zero-order chi connectivity index (χ0) is 17.2. The molecule has 0 aliphatic rings. The number of carbonyl (C=O) groups is 1. The molecule has 1 unspecified atom stereocenters. The SMILES string of the molecule is CC(=O)c1ccc(OCC(O)CNC(C)(C)C)c2c(C)noc12. The summed E-state index contributed by atoms with van der Waals surface area (Å²) in [4.78, 5) is 11.6. The Kier molecular flexibility index (Phi) is 5.06. The van der Waals surface area contributed by atoms with Crippen LogP contribution >= 0.6 is 0 Å². The zero-order valence-electron chi connectivity index (χ0n) is 14.3. The standard InChI is InChI=1S/C17H24N2O4/c1-10-15-14(22-9-12(21)8-18-17(3,4)5)7-6-13(11(2)20)16(15)23-19-10/h6-7,12,18,21H,8-9H2,1-5H3. The van der Waals surface area contributed by atoms with Gasteiger partial charge in [-0.25, -0.2) is 0 Å². The Hall–Kier alpha value is -1.92.